The molecule has 0 amide bonds. The molecule has 0 bridgehead atoms. The van der Waals surface area contributed by atoms with E-state index < -0.39 is 0 Å². The maximum atomic E-state index is 5.38. The van der Waals surface area contributed by atoms with Gasteiger partial charge < -0.3 is 5.73 Å². The van der Waals surface area contributed by atoms with Crippen LogP contribution in [0.5, 0.6) is 0 Å². The average molecular weight is 207 g/mol. The minimum Gasteiger partial charge on any atom is -0.330 e. The smallest absolute Gasteiger partial charge is 0.00741 e. The monoisotopic (exact) mass is 207 g/mol. The molecule has 1 rings (SSSR count). The summed E-state index contributed by atoms with van der Waals surface area (Å²) in [5.41, 5.74) is 6.76. The first-order valence-electron chi connectivity index (χ1n) is 5.94. The molecule has 0 fully saturated rings. The summed E-state index contributed by atoms with van der Waals surface area (Å²) in [5.74, 6) is 0.884. The molecular weight excluding hydrogens is 182 g/mol. The summed E-state index contributed by atoms with van der Waals surface area (Å²) < 4.78 is 0. The lowest BCUT2D eigenvalue weighted by molar-refractivity contribution is 0.626. The second-order valence-electron chi connectivity index (χ2n) is 4.18. The molecule has 15 heavy (non-hydrogen) atoms. The second kappa shape index (κ2) is 9.72. The van der Waals surface area contributed by atoms with Gasteiger partial charge in [-0.2, -0.15) is 0 Å². The Labute approximate surface area is 94.7 Å². The molecule has 0 saturated heterocycles. The fourth-order valence-electron chi connectivity index (χ4n) is 0.951. The molecule has 0 unspecified atom stereocenters. The molecule has 0 aliphatic heterocycles. The minimum absolute atomic E-state index is 0.787. The van der Waals surface area contributed by atoms with Crippen LogP contribution in [0.2, 0.25) is 0 Å². The maximum absolute atomic E-state index is 5.38. The van der Waals surface area contributed by atoms with Gasteiger partial charge in [-0.1, -0.05) is 57.5 Å². The normalized spacial score (nSPS) is 9.67. The minimum atomic E-state index is 0.787. The first-order chi connectivity index (χ1) is 7.20. The van der Waals surface area contributed by atoms with E-state index in [1.165, 1.54) is 12.0 Å². The molecule has 0 spiro atoms. The van der Waals surface area contributed by atoms with E-state index in [0.29, 0.717) is 0 Å². The third-order valence-electron chi connectivity index (χ3n) is 2.33. The predicted octanol–water partition coefficient (Wildman–Crippen LogP) is 3.63. The average Bonchev–Trinajstić information content (AvgIpc) is 2.28. The molecule has 1 aromatic rings. The topological polar surface area (TPSA) is 26.0 Å². The first kappa shape index (κ1) is 14.2. The van der Waals surface area contributed by atoms with Gasteiger partial charge in [0.25, 0.3) is 0 Å². The van der Waals surface area contributed by atoms with Gasteiger partial charge in [0.2, 0.25) is 0 Å². The van der Waals surface area contributed by atoms with Crippen molar-refractivity contribution in [3.05, 3.63) is 35.9 Å². The van der Waals surface area contributed by atoms with Crippen molar-refractivity contribution in [2.75, 3.05) is 6.54 Å². The predicted molar refractivity (Wildman–Crippen MR) is 68.9 cm³/mol. The van der Waals surface area contributed by atoms with Crippen molar-refractivity contribution in [1.82, 2.24) is 0 Å². The van der Waals surface area contributed by atoms with E-state index in [-0.39, 0.29) is 0 Å². The SMILES string of the molecule is CCC(C)C.NCCCc1ccccc1. The molecule has 86 valence electrons. The van der Waals surface area contributed by atoms with Gasteiger partial charge in [-0.15, -0.1) is 0 Å². The highest BCUT2D eigenvalue weighted by atomic mass is 14.5. The molecule has 1 nitrogen and oxygen atoms in total. The van der Waals surface area contributed by atoms with Gasteiger partial charge in [-0.05, 0) is 30.9 Å². The number of aryl methyl sites for hydroxylation is 1. The highest BCUT2D eigenvalue weighted by Crippen LogP contribution is 2.00. The van der Waals surface area contributed by atoms with Crippen LogP contribution in [-0.2, 0) is 6.42 Å². The van der Waals surface area contributed by atoms with Gasteiger partial charge in [-0.3, -0.25) is 0 Å². The standard InChI is InChI=1S/C9H13N.C5H12/c10-8-4-7-9-5-2-1-3-6-9;1-4-5(2)3/h1-3,5-6H,4,7-8,10H2;5H,4H2,1-3H3. The zero-order chi connectivity index (χ0) is 11.5. The number of nitrogens with two attached hydrogens (primary N) is 1. The summed E-state index contributed by atoms with van der Waals surface area (Å²) in [7, 11) is 0. The highest BCUT2D eigenvalue weighted by Gasteiger charge is 1.87. The van der Waals surface area contributed by atoms with Crippen LogP contribution in [0.3, 0.4) is 0 Å². The molecule has 0 radical (unpaired) electrons. The molecule has 2 N–H and O–H groups in total. The van der Waals surface area contributed by atoms with Gasteiger partial charge in [0.15, 0.2) is 0 Å². The van der Waals surface area contributed by atoms with Gasteiger partial charge in [0.1, 0.15) is 0 Å². The Morgan fingerprint density at radius 1 is 1.13 bits per heavy atom. The molecule has 0 heterocycles. The maximum Gasteiger partial charge on any atom is -0.00741 e. The van der Waals surface area contributed by atoms with Crippen molar-refractivity contribution in [1.29, 1.82) is 0 Å². The van der Waals surface area contributed by atoms with Crippen molar-refractivity contribution < 1.29 is 0 Å². The van der Waals surface area contributed by atoms with Gasteiger partial charge in [0, 0.05) is 0 Å². The molecule has 0 aromatic heterocycles. The van der Waals surface area contributed by atoms with Gasteiger partial charge in [0.05, 0.1) is 0 Å². The molecule has 0 aliphatic rings. The Bertz CT molecular complexity index is 216. The van der Waals surface area contributed by atoms with Gasteiger partial charge in [-0.25, -0.2) is 0 Å². The van der Waals surface area contributed by atoms with E-state index in [4.69, 9.17) is 5.73 Å². The fourth-order valence-corrected chi connectivity index (χ4v) is 0.951. The number of hydrogen-bond donors (Lipinski definition) is 1. The van der Waals surface area contributed by atoms with Gasteiger partial charge >= 0.3 is 0 Å². The molecule has 1 aromatic carbocycles. The van der Waals surface area contributed by atoms with Crippen LogP contribution < -0.4 is 5.73 Å². The number of benzene rings is 1. The van der Waals surface area contributed by atoms with E-state index in [2.05, 4.69) is 45.0 Å². The Morgan fingerprint density at radius 3 is 2.07 bits per heavy atom. The van der Waals surface area contributed by atoms with Crippen LogP contribution in [-0.4, -0.2) is 6.54 Å². The zero-order valence-electron chi connectivity index (χ0n) is 10.4. The van der Waals surface area contributed by atoms with E-state index in [0.717, 1.165) is 25.3 Å². The van der Waals surface area contributed by atoms with Crippen LogP contribution in [0.15, 0.2) is 30.3 Å². The van der Waals surface area contributed by atoms with Crippen molar-refractivity contribution in [2.24, 2.45) is 11.7 Å². The Kier molecular flexibility index (Phi) is 9.19. The quantitative estimate of drug-likeness (QED) is 0.801. The van der Waals surface area contributed by atoms with Crippen LogP contribution in [0.4, 0.5) is 0 Å². The Balaban J connectivity index is 0.000000336. The van der Waals surface area contributed by atoms with E-state index in [1.807, 2.05) is 6.07 Å². The lowest BCUT2D eigenvalue weighted by Gasteiger charge is -1.96. The zero-order valence-corrected chi connectivity index (χ0v) is 10.4. The van der Waals surface area contributed by atoms with Crippen molar-refractivity contribution >= 4 is 0 Å². The Hall–Kier alpha value is -0.820. The van der Waals surface area contributed by atoms with Crippen LogP contribution in [0.25, 0.3) is 0 Å². The largest absolute Gasteiger partial charge is 0.330 e. The third kappa shape index (κ3) is 9.48. The summed E-state index contributed by atoms with van der Waals surface area (Å²) in [6.07, 6.45) is 3.50. The third-order valence-corrected chi connectivity index (χ3v) is 2.33. The summed E-state index contributed by atoms with van der Waals surface area (Å²) in [5, 5.41) is 0. The lowest BCUT2D eigenvalue weighted by Crippen LogP contribution is -1.99. The molecule has 1 heteroatoms. The molecule has 0 atom stereocenters. The summed E-state index contributed by atoms with van der Waals surface area (Å²) >= 11 is 0. The number of rotatable bonds is 4. The molecular formula is C14H25N. The van der Waals surface area contributed by atoms with E-state index >= 15 is 0 Å². The summed E-state index contributed by atoms with van der Waals surface area (Å²) in [6, 6.07) is 10.4. The van der Waals surface area contributed by atoms with Crippen molar-refractivity contribution in [2.45, 2.75) is 40.0 Å². The summed E-state index contributed by atoms with van der Waals surface area (Å²) in [4.78, 5) is 0. The van der Waals surface area contributed by atoms with Crippen molar-refractivity contribution in [3.8, 4) is 0 Å². The molecule has 0 aliphatic carbocycles. The highest BCUT2D eigenvalue weighted by molar-refractivity contribution is 5.14. The first-order valence-corrected chi connectivity index (χ1v) is 5.94. The summed E-state index contributed by atoms with van der Waals surface area (Å²) in [6.45, 7) is 7.43. The lowest BCUT2D eigenvalue weighted by atomic mass is 10.1. The number of hydrogen-bond acceptors (Lipinski definition) is 1. The van der Waals surface area contributed by atoms with E-state index in [9.17, 15) is 0 Å². The van der Waals surface area contributed by atoms with Crippen LogP contribution in [0, 0.1) is 5.92 Å². The van der Waals surface area contributed by atoms with Crippen LogP contribution >= 0.6 is 0 Å². The second-order valence-corrected chi connectivity index (χ2v) is 4.18. The van der Waals surface area contributed by atoms with E-state index in [1.54, 1.807) is 0 Å². The molecule has 0 saturated carbocycles. The van der Waals surface area contributed by atoms with Crippen LogP contribution in [0.1, 0.15) is 39.2 Å². The van der Waals surface area contributed by atoms with Crippen molar-refractivity contribution in [3.63, 3.8) is 0 Å². The fraction of sp³-hybridized carbons (Fsp3) is 0.571. The Morgan fingerprint density at radius 2 is 1.67 bits per heavy atom.